The predicted octanol–water partition coefficient (Wildman–Crippen LogP) is 2.41. The molecule has 0 spiro atoms. The molecule has 0 atom stereocenters. The van der Waals surface area contributed by atoms with Gasteiger partial charge in [-0.1, -0.05) is 42.5 Å². The fourth-order valence-corrected chi connectivity index (χ4v) is 2.55. The first kappa shape index (κ1) is 13.9. The van der Waals surface area contributed by atoms with Crippen molar-refractivity contribution in [1.82, 2.24) is 4.90 Å². The maximum absolute atomic E-state index is 9.29. The maximum Gasteiger partial charge on any atom is 0.231 e. The van der Waals surface area contributed by atoms with Crippen LogP contribution in [0.15, 0.2) is 48.5 Å². The van der Waals surface area contributed by atoms with Crippen LogP contribution < -0.4 is 9.47 Å². The molecular formula is C17H19NO3. The zero-order chi connectivity index (χ0) is 14.5. The van der Waals surface area contributed by atoms with Gasteiger partial charge in [0.25, 0.3) is 0 Å². The van der Waals surface area contributed by atoms with Crippen LogP contribution in [0.3, 0.4) is 0 Å². The number of ether oxygens (including phenoxy) is 2. The first-order valence-corrected chi connectivity index (χ1v) is 7.11. The molecule has 0 amide bonds. The molecule has 0 aliphatic carbocycles. The van der Waals surface area contributed by atoms with Crippen LogP contribution in [0.25, 0.3) is 0 Å². The Labute approximate surface area is 124 Å². The summed E-state index contributed by atoms with van der Waals surface area (Å²) in [6.07, 6.45) is 0. The molecule has 4 nitrogen and oxygen atoms in total. The van der Waals surface area contributed by atoms with E-state index in [0.717, 1.165) is 30.2 Å². The Morgan fingerprint density at radius 1 is 0.952 bits per heavy atom. The summed E-state index contributed by atoms with van der Waals surface area (Å²) in [6, 6.07) is 16.2. The quantitative estimate of drug-likeness (QED) is 0.885. The lowest BCUT2D eigenvalue weighted by Crippen LogP contribution is -2.26. The molecule has 21 heavy (non-hydrogen) atoms. The van der Waals surface area contributed by atoms with E-state index < -0.39 is 0 Å². The number of aliphatic hydroxyl groups is 1. The lowest BCUT2D eigenvalue weighted by Gasteiger charge is -2.22. The second-order valence-corrected chi connectivity index (χ2v) is 5.07. The van der Waals surface area contributed by atoms with Gasteiger partial charge in [-0.25, -0.2) is 0 Å². The predicted molar refractivity (Wildman–Crippen MR) is 80.2 cm³/mol. The van der Waals surface area contributed by atoms with Gasteiger partial charge < -0.3 is 14.6 Å². The molecule has 1 aliphatic rings. The summed E-state index contributed by atoms with van der Waals surface area (Å²) >= 11 is 0. The Kier molecular flexibility index (Phi) is 4.38. The molecule has 0 bridgehead atoms. The highest BCUT2D eigenvalue weighted by atomic mass is 16.7. The number of nitrogens with zero attached hydrogens (tertiary/aromatic N) is 1. The fourth-order valence-electron chi connectivity index (χ4n) is 2.55. The lowest BCUT2D eigenvalue weighted by atomic mass is 10.1. The van der Waals surface area contributed by atoms with Crippen LogP contribution in [0.1, 0.15) is 11.1 Å². The van der Waals surface area contributed by atoms with Gasteiger partial charge in [0.15, 0.2) is 11.5 Å². The van der Waals surface area contributed by atoms with Crippen molar-refractivity contribution in [3.63, 3.8) is 0 Å². The van der Waals surface area contributed by atoms with Crippen molar-refractivity contribution < 1.29 is 14.6 Å². The highest BCUT2D eigenvalue weighted by Gasteiger charge is 2.18. The Balaban J connectivity index is 1.75. The van der Waals surface area contributed by atoms with Crippen molar-refractivity contribution in [3.8, 4) is 11.5 Å². The third-order valence-electron chi connectivity index (χ3n) is 3.54. The van der Waals surface area contributed by atoms with Gasteiger partial charge in [-0.2, -0.15) is 0 Å². The number of rotatable bonds is 6. The molecule has 1 heterocycles. The Hall–Kier alpha value is -2.04. The number of para-hydroxylation sites is 1. The molecule has 2 aromatic rings. The largest absolute Gasteiger partial charge is 0.454 e. The van der Waals surface area contributed by atoms with Crippen molar-refractivity contribution in [2.75, 3.05) is 19.9 Å². The van der Waals surface area contributed by atoms with Gasteiger partial charge in [0.1, 0.15) is 0 Å². The summed E-state index contributed by atoms with van der Waals surface area (Å²) < 4.78 is 11.0. The molecule has 0 unspecified atom stereocenters. The molecule has 4 heteroatoms. The van der Waals surface area contributed by atoms with Crippen molar-refractivity contribution in [2.24, 2.45) is 0 Å². The summed E-state index contributed by atoms with van der Waals surface area (Å²) in [5, 5.41) is 9.29. The van der Waals surface area contributed by atoms with Crippen LogP contribution >= 0.6 is 0 Å². The van der Waals surface area contributed by atoms with E-state index >= 15 is 0 Å². The van der Waals surface area contributed by atoms with Gasteiger partial charge >= 0.3 is 0 Å². The molecule has 1 aliphatic heterocycles. The van der Waals surface area contributed by atoms with Crippen LogP contribution in [0.4, 0.5) is 0 Å². The van der Waals surface area contributed by atoms with E-state index in [1.54, 1.807) is 0 Å². The SMILES string of the molecule is OCCN(Cc1ccccc1)Cc1cccc2c1OCO2. The van der Waals surface area contributed by atoms with Gasteiger partial charge in [0, 0.05) is 25.2 Å². The maximum atomic E-state index is 9.29. The zero-order valence-electron chi connectivity index (χ0n) is 11.9. The Morgan fingerprint density at radius 3 is 2.62 bits per heavy atom. The van der Waals surface area contributed by atoms with Crippen LogP contribution in [0.2, 0.25) is 0 Å². The van der Waals surface area contributed by atoms with E-state index in [1.807, 2.05) is 36.4 Å². The molecule has 2 aromatic carbocycles. The van der Waals surface area contributed by atoms with Gasteiger partial charge in [-0.3, -0.25) is 4.90 Å². The van der Waals surface area contributed by atoms with E-state index in [2.05, 4.69) is 17.0 Å². The van der Waals surface area contributed by atoms with E-state index in [9.17, 15) is 5.11 Å². The number of fused-ring (bicyclic) bond motifs is 1. The fraction of sp³-hybridized carbons (Fsp3) is 0.294. The van der Waals surface area contributed by atoms with Crippen LogP contribution in [0, 0.1) is 0 Å². The molecule has 0 radical (unpaired) electrons. The minimum Gasteiger partial charge on any atom is -0.454 e. The second-order valence-electron chi connectivity index (χ2n) is 5.07. The van der Waals surface area contributed by atoms with Gasteiger partial charge in [-0.15, -0.1) is 0 Å². The smallest absolute Gasteiger partial charge is 0.231 e. The number of hydrogen-bond acceptors (Lipinski definition) is 4. The molecule has 0 aromatic heterocycles. The Bertz CT molecular complexity index is 586. The van der Waals surface area contributed by atoms with Crippen LogP contribution in [0.5, 0.6) is 11.5 Å². The molecular weight excluding hydrogens is 266 g/mol. The van der Waals surface area contributed by atoms with Crippen molar-refractivity contribution in [1.29, 1.82) is 0 Å². The normalized spacial score (nSPS) is 12.9. The van der Waals surface area contributed by atoms with E-state index in [-0.39, 0.29) is 13.4 Å². The summed E-state index contributed by atoms with van der Waals surface area (Å²) in [5.74, 6) is 1.63. The lowest BCUT2D eigenvalue weighted by molar-refractivity contribution is 0.167. The third kappa shape index (κ3) is 3.35. The van der Waals surface area contributed by atoms with E-state index in [1.165, 1.54) is 5.56 Å². The molecule has 1 N–H and O–H groups in total. The summed E-state index contributed by atoms with van der Waals surface area (Å²) in [7, 11) is 0. The highest BCUT2D eigenvalue weighted by molar-refractivity contribution is 5.48. The average Bonchev–Trinajstić information content (AvgIpc) is 2.98. The topological polar surface area (TPSA) is 41.9 Å². The van der Waals surface area contributed by atoms with Crippen molar-refractivity contribution in [2.45, 2.75) is 13.1 Å². The standard InChI is InChI=1S/C17H19NO3/c19-10-9-18(11-14-5-2-1-3-6-14)12-15-7-4-8-16-17(15)21-13-20-16/h1-8,19H,9-13H2. The minimum absolute atomic E-state index is 0.138. The summed E-state index contributed by atoms with van der Waals surface area (Å²) in [6.45, 7) is 2.57. The van der Waals surface area contributed by atoms with E-state index in [4.69, 9.17) is 9.47 Å². The first-order chi connectivity index (χ1) is 10.4. The molecule has 0 saturated carbocycles. The molecule has 3 rings (SSSR count). The minimum atomic E-state index is 0.138. The molecule has 0 fully saturated rings. The third-order valence-corrected chi connectivity index (χ3v) is 3.54. The van der Waals surface area contributed by atoms with Gasteiger partial charge in [0.05, 0.1) is 6.61 Å². The molecule has 110 valence electrons. The Morgan fingerprint density at radius 2 is 1.81 bits per heavy atom. The van der Waals surface area contributed by atoms with Gasteiger partial charge in [-0.05, 0) is 11.6 Å². The average molecular weight is 285 g/mol. The summed E-state index contributed by atoms with van der Waals surface area (Å²) in [4.78, 5) is 2.20. The number of hydrogen-bond donors (Lipinski definition) is 1. The van der Waals surface area contributed by atoms with Crippen LogP contribution in [-0.4, -0.2) is 30.0 Å². The molecule has 0 saturated heterocycles. The summed E-state index contributed by atoms with van der Waals surface area (Å²) in [5.41, 5.74) is 2.32. The van der Waals surface area contributed by atoms with Crippen molar-refractivity contribution in [3.05, 3.63) is 59.7 Å². The van der Waals surface area contributed by atoms with Crippen LogP contribution in [-0.2, 0) is 13.1 Å². The first-order valence-electron chi connectivity index (χ1n) is 7.11. The number of aliphatic hydroxyl groups excluding tert-OH is 1. The number of benzene rings is 2. The monoisotopic (exact) mass is 285 g/mol. The van der Waals surface area contributed by atoms with Crippen molar-refractivity contribution >= 4 is 0 Å². The second kappa shape index (κ2) is 6.61. The van der Waals surface area contributed by atoms with Gasteiger partial charge in [0.2, 0.25) is 6.79 Å². The van der Waals surface area contributed by atoms with E-state index in [0.29, 0.717) is 6.54 Å². The highest BCUT2D eigenvalue weighted by Crippen LogP contribution is 2.36. The zero-order valence-corrected chi connectivity index (χ0v) is 11.9.